The number of aryl methyl sites for hydroxylation is 1. The summed E-state index contributed by atoms with van der Waals surface area (Å²) in [4.78, 5) is 23.7. The summed E-state index contributed by atoms with van der Waals surface area (Å²) in [5.41, 5.74) is 3.04. The Morgan fingerprint density at radius 1 is 1.04 bits per heavy atom. The van der Waals surface area contributed by atoms with Gasteiger partial charge >= 0.3 is 0 Å². The first-order valence-electron chi connectivity index (χ1n) is 8.21. The molecule has 132 valence electrons. The predicted octanol–water partition coefficient (Wildman–Crippen LogP) is 2.89. The van der Waals surface area contributed by atoms with Gasteiger partial charge in [-0.15, -0.1) is 0 Å². The molecule has 0 bridgehead atoms. The van der Waals surface area contributed by atoms with E-state index < -0.39 is 0 Å². The number of benzene rings is 2. The van der Waals surface area contributed by atoms with E-state index in [1.54, 1.807) is 7.11 Å². The zero-order chi connectivity index (χ0) is 18.2. The van der Waals surface area contributed by atoms with Crippen LogP contribution in [0.25, 0.3) is 0 Å². The van der Waals surface area contributed by atoms with Crippen molar-refractivity contribution < 1.29 is 14.3 Å². The Balaban J connectivity index is 1.96. The molecule has 25 heavy (non-hydrogen) atoms. The summed E-state index contributed by atoms with van der Waals surface area (Å²) in [7, 11) is 1.62. The van der Waals surface area contributed by atoms with Crippen LogP contribution in [0.5, 0.6) is 5.75 Å². The third-order valence-electron chi connectivity index (χ3n) is 3.90. The third kappa shape index (κ3) is 5.95. The van der Waals surface area contributed by atoms with Crippen LogP contribution in [0.3, 0.4) is 0 Å². The number of amides is 2. The normalized spacial score (nSPS) is 11.5. The van der Waals surface area contributed by atoms with Gasteiger partial charge in [-0.3, -0.25) is 9.59 Å². The van der Waals surface area contributed by atoms with E-state index in [9.17, 15) is 9.59 Å². The highest BCUT2D eigenvalue weighted by molar-refractivity contribution is 5.79. The Labute approximate surface area is 148 Å². The minimum atomic E-state index is -0.339. The first-order valence-corrected chi connectivity index (χ1v) is 8.21. The Morgan fingerprint density at radius 3 is 2.24 bits per heavy atom. The van der Waals surface area contributed by atoms with Crippen LogP contribution in [0.4, 0.5) is 0 Å². The average Bonchev–Trinajstić information content (AvgIpc) is 2.60. The molecule has 0 heterocycles. The third-order valence-corrected chi connectivity index (χ3v) is 3.90. The van der Waals surface area contributed by atoms with Crippen molar-refractivity contribution in [2.75, 3.05) is 7.11 Å². The Hall–Kier alpha value is -2.82. The van der Waals surface area contributed by atoms with E-state index in [0.29, 0.717) is 6.54 Å². The molecule has 0 saturated carbocycles. The summed E-state index contributed by atoms with van der Waals surface area (Å²) in [5.74, 6) is 0.504. The van der Waals surface area contributed by atoms with Crippen molar-refractivity contribution in [3.63, 3.8) is 0 Å². The van der Waals surface area contributed by atoms with Crippen molar-refractivity contribution in [1.29, 1.82) is 0 Å². The molecule has 0 aliphatic carbocycles. The molecule has 0 saturated heterocycles. The summed E-state index contributed by atoms with van der Waals surface area (Å²) in [6.45, 7) is 3.89. The molecule has 0 aliphatic rings. The second-order valence-electron chi connectivity index (χ2n) is 5.99. The Morgan fingerprint density at radius 2 is 1.68 bits per heavy atom. The molecular formula is C20H24N2O3. The molecule has 2 aromatic rings. The van der Waals surface area contributed by atoms with Gasteiger partial charge in [-0.2, -0.15) is 0 Å². The Kier molecular flexibility index (Phi) is 6.57. The summed E-state index contributed by atoms with van der Waals surface area (Å²) >= 11 is 0. The molecule has 0 fully saturated rings. The van der Waals surface area contributed by atoms with Gasteiger partial charge in [0.15, 0.2) is 0 Å². The van der Waals surface area contributed by atoms with Crippen LogP contribution >= 0.6 is 0 Å². The highest BCUT2D eigenvalue weighted by Gasteiger charge is 2.17. The molecule has 1 unspecified atom stereocenters. The van der Waals surface area contributed by atoms with Crippen LogP contribution < -0.4 is 15.4 Å². The zero-order valence-electron chi connectivity index (χ0n) is 14.8. The molecule has 2 N–H and O–H groups in total. The van der Waals surface area contributed by atoms with Gasteiger partial charge < -0.3 is 15.4 Å². The summed E-state index contributed by atoms with van der Waals surface area (Å²) in [6.07, 6.45) is 0.193. The second kappa shape index (κ2) is 8.87. The Bertz CT molecular complexity index is 709. The van der Waals surface area contributed by atoms with Gasteiger partial charge in [0.2, 0.25) is 11.8 Å². The minimum absolute atomic E-state index is 0.116. The lowest BCUT2D eigenvalue weighted by atomic mass is 10.0. The highest BCUT2D eigenvalue weighted by atomic mass is 16.5. The van der Waals surface area contributed by atoms with E-state index in [1.807, 2.05) is 55.5 Å². The fourth-order valence-corrected chi connectivity index (χ4v) is 2.50. The second-order valence-corrected chi connectivity index (χ2v) is 5.99. The first kappa shape index (κ1) is 18.5. The molecule has 1 atom stereocenters. The van der Waals surface area contributed by atoms with Crippen LogP contribution in [0, 0.1) is 6.92 Å². The lowest BCUT2D eigenvalue weighted by Crippen LogP contribution is -2.32. The van der Waals surface area contributed by atoms with Crippen molar-refractivity contribution in [2.24, 2.45) is 0 Å². The van der Waals surface area contributed by atoms with Crippen LogP contribution in [-0.2, 0) is 16.1 Å². The summed E-state index contributed by atoms with van der Waals surface area (Å²) < 4.78 is 5.11. The fraction of sp³-hybridized carbons (Fsp3) is 0.300. The molecule has 0 aliphatic heterocycles. The molecule has 2 amide bonds. The van der Waals surface area contributed by atoms with Crippen LogP contribution in [0.1, 0.15) is 36.1 Å². The molecule has 5 nitrogen and oxygen atoms in total. The molecule has 0 radical (unpaired) electrons. The molecule has 0 aromatic heterocycles. The summed E-state index contributed by atoms with van der Waals surface area (Å²) in [5, 5.41) is 5.73. The number of carbonyl (C=O) groups is 2. The van der Waals surface area contributed by atoms with Gasteiger partial charge in [0.1, 0.15) is 5.75 Å². The monoisotopic (exact) mass is 340 g/mol. The van der Waals surface area contributed by atoms with E-state index in [4.69, 9.17) is 4.74 Å². The van der Waals surface area contributed by atoms with Crippen molar-refractivity contribution in [3.05, 3.63) is 65.2 Å². The first-order chi connectivity index (χ1) is 12.0. The van der Waals surface area contributed by atoms with E-state index in [-0.39, 0.29) is 24.3 Å². The number of rotatable bonds is 7. The number of nitrogens with one attached hydrogen (secondary N) is 2. The van der Waals surface area contributed by atoms with E-state index in [0.717, 1.165) is 22.4 Å². The highest BCUT2D eigenvalue weighted by Crippen LogP contribution is 2.18. The number of hydrogen-bond donors (Lipinski definition) is 2. The van der Waals surface area contributed by atoms with E-state index in [2.05, 4.69) is 10.6 Å². The average molecular weight is 340 g/mol. The standard InChI is InChI=1S/C20H24N2O3/c1-14-4-8-17(9-5-14)19(22-15(2)23)12-20(24)21-13-16-6-10-18(25-3)11-7-16/h4-11,19H,12-13H2,1-3H3,(H,21,24)(H,22,23). The molecule has 2 rings (SSSR count). The lowest BCUT2D eigenvalue weighted by Gasteiger charge is -2.18. The number of hydrogen-bond acceptors (Lipinski definition) is 3. The van der Waals surface area contributed by atoms with Gasteiger partial charge in [-0.05, 0) is 30.2 Å². The topological polar surface area (TPSA) is 67.4 Å². The van der Waals surface area contributed by atoms with E-state index in [1.165, 1.54) is 6.92 Å². The molecule has 2 aromatic carbocycles. The van der Waals surface area contributed by atoms with Gasteiger partial charge in [-0.1, -0.05) is 42.0 Å². The van der Waals surface area contributed by atoms with Gasteiger partial charge in [0.25, 0.3) is 0 Å². The van der Waals surface area contributed by atoms with Gasteiger partial charge in [0.05, 0.1) is 19.6 Å². The van der Waals surface area contributed by atoms with Crippen LogP contribution in [-0.4, -0.2) is 18.9 Å². The van der Waals surface area contributed by atoms with Crippen molar-refractivity contribution in [1.82, 2.24) is 10.6 Å². The molecule has 0 spiro atoms. The lowest BCUT2D eigenvalue weighted by molar-refractivity contribution is -0.122. The van der Waals surface area contributed by atoms with Gasteiger partial charge in [0, 0.05) is 13.5 Å². The maximum Gasteiger partial charge on any atom is 0.222 e. The number of carbonyl (C=O) groups excluding carboxylic acids is 2. The van der Waals surface area contributed by atoms with Gasteiger partial charge in [-0.25, -0.2) is 0 Å². The van der Waals surface area contributed by atoms with Crippen molar-refractivity contribution in [3.8, 4) is 5.75 Å². The van der Waals surface area contributed by atoms with Crippen molar-refractivity contribution >= 4 is 11.8 Å². The molecular weight excluding hydrogens is 316 g/mol. The van der Waals surface area contributed by atoms with E-state index >= 15 is 0 Å². The quantitative estimate of drug-likeness (QED) is 0.814. The fourth-order valence-electron chi connectivity index (χ4n) is 2.50. The van der Waals surface area contributed by atoms with Crippen molar-refractivity contribution in [2.45, 2.75) is 32.9 Å². The number of ether oxygens (including phenoxy) is 1. The predicted molar refractivity (Wildman–Crippen MR) is 97.2 cm³/mol. The van der Waals surface area contributed by atoms with Crippen LogP contribution in [0.2, 0.25) is 0 Å². The maximum absolute atomic E-state index is 12.3. The largest absolute Gasteiger partial charge is 0.497 e. The minimum Gasteiger partial charge on any atom is -0.497 e. The zero-order valence-corrected chi connectivity index (χ0v) is 14.8. The maximum atomic E-state index is 12.3. The van der Waals surface area contributed by atoms with Crippen LogP contribution in [0.15, 0.2) is 48.5 Å². The smallest absolute Gasteiger partial charge is 0.222 e. The SMILES string of the molecule is COc1ccc(CNC(=O)CC(NC(C)=O)c2ccc(C)cc2)cc1. The molecule has 5 heteroatoms. The summed E-state index contributed by atoms with van der Waals surface area (Å²) in [6, 6.07) is 15.0. The number of methoxy groups -OCH3 is 1.